The van der Waals surface area contributed by atoms with Gasteiger partial charge in [-0.05, 0) is 56.4 Å². The molecule has 2 amide bonds. The minimum atomic E-state index is -0.244. The van der Waals surface area contributed by atoms with Crippen LogP contribution in [0.25, 0.3) is 0 Å². The highest BCUT2D eigenvalue weighted by molar-refractivity contribution is 5.83. The molecule has 1 aliphatic heterocycles. The lowest BCUT2D eigenvalue weighted by atomic mass is 9.88. The van der Waals surface area contributed by atoms with E-state index in [1.807, 2.05) is 61.2 Å². The SMILES string of the molecule is COCCCOc1cc(CN(C(=O)[C@H]2CNC[C@@H](C(=O)N[C@@H](C)c3ccccc3)C2)C2CC2)cc(OC)c1C. The Balaban J connectivity index is 1.42. The van der Waals surface area contributed by atoms with Crippen LogP contribution >= 0.6 is 0 Å². The molecule has 39 heavy (non-hydrogen) atoms. The van der Waals surface area contributed by atoms with Crippen molar-refractivity contribution in [1.29, 1.82) is 0 Å². The van der Waals surface area contributed by atoms with Crippen molar-refractivity contribution >= 4 is 11.8 Å². The summed E-state index contributed by atoms with van der Waals surface area (Å²) >= 11 is 0. The van der Waals surface area contributed by atoms with Crippen LogP contribution in [0.5, 0.6) is 11.5 Å². The van der Waals surface area contributed by atoms with Gasteiger partial charge in [0, 0.05) is 51.4 Å². The first-order valence-electron chi connectivity index (χ1n) is 14.1. The number of nitrogens with one attached hydrogen (secondary N) is 2. The predicted octanol–water partition coefficient (Wildman–Crippen LogP) is 4.01. The number of rotatable bonds is 13. The van der Waals surface area contributed by atoms with Gasteiger partial charge in [-0.25, -0.2) is 0 Å². The fourth-order valence-corrected chi connectivity index (χ4v) is 5.25. The van der Waals surface area contributed by atoms with Gasteiger partial charge in [0.1, 0.15) is 11.5 Å². The Labute approximate surface area is 232 Å². The van der Waals surface area contributed by atoms with Gasteiger partial charge in [0.05, 0.1) is 31.6 Å². The average molecular weight is 538 g/mol. The summed E-state index contributed by atoms with van der Waals surface area (Å²) < 4.78 is 16.8. The van der Waals surface area contributed by atoms with E-state index in [4.69, 9.17) is 14.2 Å². The summed E-state index contributed by atoms with van der Waals surface area (Å²) in [4.78, 5) is 28.9. The summed E-state index contributed by atoms with van der Waals surface area (Å²) in [5.41, 5.74) is 2.99. The molecule has 2 N–H and O–H groups in total. The van der Waals surface area contributed by atoms with Gasteiger partial charge in [-0.3, -0.25) is 9.59 Å². The summed E-state index contributed by atoms with van der Waals surface area (Å²) in [6, 6.07) is 14.1. The molecule has 0 radical (unpaired) electrons. The molecular formula is C31H43N3O5. The second-order valence-corrected chi connectivity index (χ2v) is 10.7. The van der Waals surface area contributed by atoms with Crippen LogP contribution in [0, 0.1) is 18.8 Å². The van der Waals surface area contributed by atoms with Gasteiger partial charge in [-0.1, -0.05) is 30.3 Å². The molecule has 2 aromatic carbocycles. The molecule has 2 aromatic rings. The van der Waals surface area contributed by atoms with E-state index in [2.05, 4.69) is 10.6 Å². The minimum Gasteiger partial charge on any atom is -0.496 e. The molecule has 8 nitrogen and oxygen atoms in total. The van der Waals surface area contributed by atoms with E-state index in [0.29, 0.717) is 39.3 Å². The van der Waals surface area contributed by atoms with E-state index < -0.39 is 0 Å². The third kappa shape index (κ3) is 7.73. The number of nitrogens with zero attached hydrogens (tertiary/aromatic N) is 1. The van der Waals surface area contributed by atoms with Crippen LogP contribution in [-0.4, -0.2) is 63.3 Å². The normalized spacial score (nSPS) is 19.7. The molecule has 0 aromatic heterocycles. The number of amides is 2. The molecule has 0 bridgehead atoms. The number of hydrogen-bond donors (Lipinski definition) is 2. The lowest BCUT2D eigenvalue weighted by Crippen LogP contribution is -2.49. The molecule has 212 valence electrons. The van der Waals surface area contributed by atoms with E-state index in [1.165, 1.54) is 0 Å². The highest BCUT2D eigenvalue weighted by Gasteiger charge is 2.39. The Bertz CT molecular complexity index is 1100. The Hall–Kier alpha value is -3.10. The third-order valence-electron chi connectivity index (χ3n) is 7.69. The van der Waals surface area contributed by atoms with Crippen molar-refractivity contribution in [3.63, 3.8) is 0 Å². The number of carbonyl (C=O) groups excluding carboxylic acids is 2. The fourth-order valence-electron chi connectivity index (χ4n) is 5.25. The lowest BCUT2D eigenvalue weighted by Gasteiger charge is -2.33. The molecule has 4 rings (SSSR count). The van der Waals surface area contributed by atoms with Gasteiger partial charge >= 0.3 is 0 Å². The van der Waals surface area contributed by atoms with Crippen LogP contribution in [0.15, 0.2) is 42.5 Å². The van der Waals surface area contributed by atoms with Gasteiger partial charge in [-0.15, -0.1) is 0 Å². The Morgan fingerprint density at radius 2 is 1.77 bits per heavy atom. The van der Waals surface area contributed by atoms with Crippen LogP contribution < -0.4 is 20.1 Å². The summed E-state index contributed by atoms with van der Waals surface area (Å²) in [7, 11) is 3.34. The molecule has 0 spiro atoms. The molecule has 3 atom stereocenters. The van der Waals surface area contributed by atoms with E-state index in [0.717, 1.165) is 47.5 Å². The lowest BCUT2D eigenvalue weighted by molar-refractivity contribution is -0.138. The van der Waals surface area contributed by atoms with Crippen molar-refractivity contribution in [2.45, 2.75) is 58.2 Å². The van der Waals surface area contributed by atoms with Gasteiger partial charge in [0.2, 0.25) is 11.8 Å². The van der Waals surface area contributed by atoms with Crippen molar-refractivity contribution in [3.05, 3.63) is 59.2 Å². The van der Waals surface area contributed by atoms with Gasteiger partial charge < -0.3 is 29.7 Å². The Kier molecular flexibility index (Phi) is 10.2. The topological polar surface area (TPSA) is 89.1 Å². The van der Waals surface area contributed by atoms with Crippen LogP contribution in [0.4, 0.5) is 0 Å². The number of methoxy groups -OCH3 is 2. The smallest absolute Gasteiger partial charge is 0.227 e. The summed E-state index contributed by atoms with van der Waals surface area (Å²) in [6.45, 7) is 6.83. The van der Waals surface area contributed by atoms with Crippen LogP contribution in [0.2, 0.25) is 0 Å². The van der Waals surface area contributed by atoms with Crippen LogP contribution in [0.1, 0.15) is 55.3 Å². The first-order valence-corrected chi connectivity index (χ1v) is 14.1. The van der Waals surface area contributed by atoms with Crippen molar-refractivity contribution in [2.24, 2.45) is 11.8 Å². The highest BCUT2D eigenvalue weighted by atomic mass is 16.5. The summed E-state index contributed by atoms with van der Waals surface area (Å²) in [6.07, 6.45) is 3.36. The maximum atomic E-state index is 13.8. The largest absolute Gasteiger partial charge is 0.496 e. The average Bonchev–Trinajstić information content (AvgIpc) is 3.81. The molecule has 2 aliphatic rings. The number of piperidine rings is 1. The maximum Gasteiger partial charge on any atom is 0.227 e. The molecule has 1 heterocycles. The van der Waals surface area contributed by atoms with Gasteiger partial charge in [0.15, 0.2) is 0 Å². The highest BCUT2D eigenvalue weighted by Crippen LogP contribution is 2.35. The Morgan fingerprint density at radius 3 is 2.46 bits per heavy atom. The van der Waals surface area contributed by atoms with Gasteiger partial charge in [0.25, 0.3) is 0 Å². The minimum absolute atomic E-state index is 0.00661. The molecular weight excluding hydrogens is 494 g/mol. The number of benzene rings is 2. The van der Waals surface area contributed by atoms with E-state index >= 15 is 0 Å². The summed E-state index contributed by atoms with van der Waals surface area (Å²) in [5.74, 6) is 1.15. The standard InChI is InChI=1S/C31H43N3O5/c1-21-28(38-4)15-23(16-29(21)39-14-8-13-37-3)20-34(27-11-12-27)31(36)26-17-25(18-32-19-26)30(35)33-22(2)24-9-6-5-7-10-24/h5-7,9-10,15-16,22,25-27,32H,8,11-14,17-20H2,1-4H3,(H,33,35)/t22-,25-,26+/m0/s1. The maximum absolute atomic E-state index is 13.8. The third-order valence-corrected chi connectivity index (χ3v) is 7.69. The predicted molar refractivity (Wildman–Crippen MR) is 151 cm³/mol. The molecule has 0 unspecified atom stereocenters. The molecule has 2 fully saturated rings. The van der Waals surface area contributed by atoms with Crippen molar-refractivity contribution in [3.8, 4) is 11.5 Å². The van der Waals surface area contributed by atoms with Crippen LogP contribution in [-0.2, 0) is 20.9 Å². The zero-order valence-corrected chi connectivity index (χ0v) is 23.7. The van der Waals surface area contributed by atoms with Crippen LogP contribution in [0.3, 0.4) is 0 Å². The number of carbonyl (C=O) groups is 2. The zero-order chi connectivity index (χ0) is 27.8. The molecule has 1 saturated carbocycles. The van der Waals surface area contributed by atoms with E-state index in [-0.39, 0.29) is 35.7 Å². The van der Waals surface area contributed by atoms with Crippen molar-refractivity contribution < 1.29 is 23.8 Å². The first kappa shape index (κ1) is 28.9. The Morgan fingerprint density at radius 1 is 1.05 bits per heavy atom. The van der Waals surface area contributed by atoms with Crippen molar-refractivity contribution in [1.82, 2.24) is 15.5 Å². The fraction of sp³-hybridized carbons (Fsp3) is 0.548. The van der Waals surface area contributed by atoms with E-state index in [1.54, 1.807) is 14.2 Å². The van der Waals surface area contributed by atoms with E-state index in [9.17, 15) is 9.59 Å². The number of ether oxygens (including phenoxy) is 3. The second-order valence-electron chi connectivity index (χ2n) is 10.7. The van der Waals surface area contributed by atoms with Crippen molar-refractivity contribution in [2.75, 3.05) is 40.5 Å². The second kappa shape index (κ2) is 13.8. The zero-order valence-electron chi connectivity index (χ0n) is 23.7. The quantitative estimate of drug-likeness (QED) is 0.376. The molecule has 8 heteroatoms. The van der Waals surface area contributed by atoms with Gasteiger partial charge in [-0.2, -0.15) is 0 Å². The molecule has 1 saturated heterocycles. The first-order chi connectivity index (χ1) is 18.9. The summed E-state index contributed by atoms with van der Waals surface area (Å²) in [5, 5.41) is 6.49. The molecule has 1 aliphatic carbocycles. The monoisotopic (exact) mass is 537 g/mol. The number of hydrogen-bond acceptors (Lipinski definition) is 6.